The quantitative estimate of drug-likeness (QED) is 0.595. The number of carboxylic acids is 1. The zero-order valence-corrected chi connectivity index (χ0v) is 11.7. The van der Waals surface area contributed by atoms with Crippen LogP contribution in [0.2, 0.25) is 0 Å². The third-order valence-corrected chi connectivity index (χ3v) is 3.39. The molecule has 2 atom stereocenters. The normalized spacial score (nSPS) is 19.7. The Morgan fingerprint density at radius 1 is 1.57 bits per heavy atom. The van der Waals surface area contributed by atoms with Crippen LogP contribution < -0.4 is 10.6 Å². The van der Waals surface area contributed by atoms with E-state index in [1.165, 1.54) is 12.5 Å². The summed E-state index contributed by atoms with van der Waals surface area (Å²) in [5.74, 6) is -0.791. The first-order chi connectivity index (χ1) is 10.1. The summed E-state index contributed by atoms with van der Waals surface area (Å²) in [5, 5.41) is 14.3. The van der Waals surface area contributed by atoms with Crippen molar-refractivity contribution in [3.05, 3.63) is 18.2 Å². The van der Waals surface area contributed by atoms with Crippen LogP contribution in [-0.4, -0.2) is 52.9 Å². The molecule has 0 aliphatic carbocycles. The maximum Gasteiger partial charge on any atom is 0.326 e. The molecule has 1 saturated heterocycles. The van der Waals surface area contributed by atoms with E-state index in [1.807, 2.05) is 0 Å². The lowest BCUT2D eigenvalue weighted by Gasteiger charge is -2.22. The predicted octanol–water partition coefficient (Wildman–Crippen LogP) is 0.131. The molecule has 1 aliphatic heterocycles. The smallest absolute Gasteiger partial charge is 0.326 e. The highest BCUT2D eigenvalue weighted by molar-refractivity contribution is 5.82. The SMILES string of the molecule is O=C(NCC1CCCOC1)NC(Cc1cnc[nH]1)C(=O)O. The van der Waals surface area contributed by atoms with Crippen LogP contribution >= 0.6 is 0 Å². The summed E-state index contributed by atoms with van der Waals surface area (Å²) < 4.78 is 5.33. The average molecular weight is 296 g/mol. The van der Waals surface area contributed by atoms with Crippen molar-refractivity contribution in [1.82, 2.24) is 20.6 Å². The van der Waals surface area contributed by atoms with E-state index in [4.69, 9.17) is 9.84 Å². The molecule has 2 heterocycles. The van der Waals surface area contributed by atoms with Crippen LogP contribution in [0, 0.1) is 5.92 Å². The Morgan fingerprint density at radius 2 is 2.43 bits per heavy atom. The number of rotatable bonds is 6. The zero-order chi connectivity index (χ0) is 15.1. The highest BCUT2D eigenvalue weighted by Crippen LogP contribution is 2.11. The molecule has 0 aromatic carbocycles. The zero-order valence-electron chi connectivity index (χ0n) is 11.7. The second-order valence-electron chi connectivity index (χ2n) is 5.11. The second-order valence-corrected chi connectivity index (χ2v) is 5.11. The molecule has 21 heavy (non-hydrogen) atoms. The minimum atomic E-state index is -1.08. The van der Waals surface area contributed by atoms with Crippen molar-refractivity contribution in [2.24, 2.45) is 5.92 Å². The first-order valence-electron chi connectivity index (χ1n) is 6.97. The fraction of sp³-hybridized carbons (Fsp3) is 0.615. The Balaban J connectivity index is 1.76. The van der Waals surface area contributed by atoms with Gasteiger partial charge in [-0.05, 0) is 18.8 Å². The van der Waals surface area contributed by atoms with Gasteiger partial charge in [-0.1, -0.05) is 0 Å². The van der Waals surface area contributed by atoms with Gasteiger partial charge in [0.1, 0.15) is 6.04 Å². The molecule has 1 aromatic rings. The van der Waals surface area contributed by atoms with Crippen LogP contribution in [0.5, 0.6) is 0 Å². The van der Waals surface area contributed by atoms with Gasteiger partial charge >= 0.3 is 12.0 Å². The largest absolute Gasteiger partial charge is 0.480 e. The van der Waals surface area contributed by atoms with Crippen molar-refractivity contribution in [3.63, 3.8) is 0 Å². The maximum absolute atomic E-state index is 11.8. The molecule has 2 rings (SSSR count). The number of urea groups is 1. The highest BCUT2D eigenvalue weighted by Gasteiger charge is 2.22. The fourth-order valence-corrected chi connectivity index (χ4v) is 2.23. The van der Waals surface area contributed by atoms with Crippen molar-refractivity contribution in [1.29, 1.82) is 0 Å². The Hall–Kier alpha value is -2.09. The standard InChI is InChI=1S/C13H20N4O4/c18-12(19)11(4-10-6-14-8-16-10)17-13(20)15-5-9-2-1-3-21-7-9/h6,8-9,11H,1-5,7H2,(H,14,16)(H,18,19)(H2,15,17,20). The molecule has 2 unspecified atom stereocenters. The molecule has 2 amide bonds. The van der Waals surface area contributed by atoms with Gasteiger partial charge in [-0.2, -0.15) is 0 Å². The fourth-order valence-electron chi connectivity index (χ4n) is 2.23. The van der Waals surface area contributed by atoms with E-state index in [2.05, 4.69) is 20.6 Å². The number of ether oxygens (including phenoxy) is 1. The van der Waals surface area contributed by atoms with Crippen molar-refractivity contribution in [2.45, 2.75) is 25.3 Å². The monoisotopic (exact) mass is 296 g/mol. The van der Waals surface area contributed by atoms with Gasteiger partial charge in [0, 0.05) is 31.5 Å². The van der Waals surface area contributed by atoms with Crippen molar-refractivity contribution in [3.8, 4) is 0 Å². The lowest BCUT2D eigenvalue weighted by atomic mass is 10.0. The number of H-pyrrole nitrogens is 1. The van der Waals surface area contributed by atoms with Gasteiger partial charge in [0.05, 0.1) is 12.9 Å². The van der Waals surface area contributed by atoms with Crippen molar-refractivity contribution < 1.29 is 19.4 Å². The van der Waals surface area contributed by atoms with Crippen LogP contribution in [0.25, 0.3) is 0 Å². The van der Waals surface area contributed by atoms with Gasteiger partial charge in [0.15, 0.2) is 0 Å². The van der Waals surface area contributed by atoms with Crippen molar-refractivity contribution >= 4 is 12.0 Å². The molecule has 4 N–H and O–H groups in total. The summed E-state index contributed by atoms with van der Waals surface area (Å²) >= 11 is 0. The average Bonchev–Trinajstić information content (AvgIpc) is 2.98. The first kappa shape index (κ1) is 15.3. The molecular formula is C13H20N4O4. The van der Waals surface area contributed by atoms with Gasteiger partial charge in [0.25, 0.3) is 0 Å². The number of aromatic amines is 1. The topological polar surface area (TPSA) is 116 Å². The number of aromatic nitrogens is 2. The Kier molecular flexibility index (Phi) is 5.56. The summed E-state index contributed by atoms with van der Waals surface area (Å²) in [5.41, 5.74) is 0.656. The van der Waals surface area contributed by atoms with Crippen LogP contribution in [0.1, 0.15) is 18.5 Å². The minimum absolute atomic E-state index is 0.162. The molecule has 1 aliphatic rings. The van der Waals surface area contributed by atoms with Gasteiger partial charge in [-0.3, -0.25) is 0 Å². The van der Waals surface area contributed by atoms with E-state index in [0.29, 0.717) is 24.8 Å². The number of amides is 2. The van der Waals surface area contributed by atoms with E-state index in [1.54, 1.807) is 0 Å². The van der Waals surface area contributed by atoms with Crippen LogP contribution in [0.3, 0.4) is 0 Å². The number of nitrogens with zero attached hydrogens (tertiary/aromatic N) is 1. The predicted molar refractivity (Wildman–Crippen MR) is 73.8 cm³/mol. The Labute approximate surface area is 122 Å². The number of hydrogen-bond donors (Lipinski definition) is 4. The molecule has 8 nitrogen and oxygen atoms in total. The molecule has 8 heteroatoms. The number of carbonyl (C=O) groups is 2. The van der Waals surface area contributed by atoms with Crippen LogP contribution in [0.4, 0.5) is 4.79 Å². The number of aliphatic carboxylic acids is 1. The van der Waals surface area contributed by atoms with Gasteiger partial charge in [-0.25, -0.2) is 14.6 Å². The summed E-state index contributed by atoms with van der Waals surface area (Å²) in [6.07, 6.45) is 5.17. The molecule has 0 bridgehead atoms. The van der Waals surface area contributed by atoms with E-state index in [9.17, 15) is 9.59 Å². The van der Waals surface area contributed by atoms with Crippen molar-refractivity contribution in [2.75, 3.05) is 19.8 Å². The van der Waals surface area contributed by atoms with E-state index < -0.39 is 18.0 Å². The number of nitrogens with one attached hydrogen (secondary N) is 3. The highest BCUT2D eigenvalue weighted by atomic mass is 16.5. The van der Waals surface area contributed by atoms with E-state index >= 15 is 0 Å². The number of hydrogen-bond acceptors (Lipinski definition) is 4. The van der Waals surface area contributed by atoms with E-state index in [0.717, 1.165) is 19.4 Å². The van der Waals surface area contributed by atoms with Gasteiger partial charge < -0.3 is 25.5 Å². The number of carbonyl (C=O) groups excluding carboxylic acids is 1. The van der Waals surface area contributed by atoms with Gasteiger partial charge in [0.2, 0.25) is 0 Å². The molecular weight excluding hydrogens is 276 g/mol. The molecule has 1 fully saturated rings. The molecule has 116 valence electrons. The Morgan fingerprint density at radius 3 is 3.05 bits per heavy atom. The molecule has 1 aromatic heterocycles. The third-order valence-electron chi connectivity index (χ3n) is 3.39. The van der Waals surface area contributed by atoms with Gasteiger partial charge in [-0.15, -0.1) is 0 Å². The lowest BCUT2D eigenvalue weighted by Crippen LogP contribution is -2.48. The molecule has 0 spiro atoms. The van der Waals surface area contributed by atoms with Crippen LogP contribution in [0.15, 0.2) is 12.5 Å². The summed E-state index contributed by atoms with van der Waals surface area (Å²) in [7, 11) is 0. The summed E-state index contributed by atoms with van der Waals surface area (Å²) in [4.78, 5) is 29.6. The molecule has 0 saturated carbocycles. The van der Waals surface area contributed by atoms with Crippen LogP contribution in [-0.2, 0) is 16.0 Å². The minimum Gasteiger partial charge on any atom is -0.480 e. The van der Waals surface area contributed by atoms with E-state index in [-0.39, 0.29) is 6.42 Å². The third kappa shape index (κ3) is 5.07. The molecule has 0 radical (unpaired) electrons. The number of imidazole rings is 1. The maximum atomic E-state index is 11.8. The Bertz CT molecular complexity index is 457. The first-order valence-corrected chi connectivity index (χ1v) is 6.97. The second kappa shape index (κ2) is 7.63. The summed E-state index contributed by atoms with van der Waals surface area (Å²) in [6.45, 7) is 1.90. The number of carboxylic acid groups (broad SMARTS) is 1. The summed E-state index contributed by atoms with van der Waals surface area (Å²) in [6, 6.07) is -1.47. The lowest BCUT2D eigenvalue weighted by molar-refractivity contribution is -0.139.